The average molecular weight is 322 g/mol. The van der Waals surface area contributed by atoms with Gasteiger partial charge in [-0.05, 0) is 48.0 Å². The highest BCUT2D eigenvalue weighted by Gasteiger charge is 2.13. The van der Waals surface area contributed by atoms with Crippen molar-refractivity contribution in [2.24, 2.45) is 0 Å². The second kappa shape index (κ2) is 5.40. The standard InChI is InChI=1S/C14H12BrNO3/c1-8-3-5-12(10(7-8)14(17)18)19-13-6-4-11(15)9(2)16-13/h3-7H,1-2H3,(H,17,18). The Morgan fingerprint density at radius 3 is 2.63 bits per heavy atom. The molecule has 5 heteroatoms. The Morgan fingerprint density at radius 2 is 2.00 bits per heavy atom. The first-order valence-corrected chi connectivity index (χ1v) is 6.41. The van der Waals surface area contributed by atoms with E-state index in [0.29, 0.717) is 5.88 Å². The maximum atomic E-state index is 11.2. The van der Waals surface area contributed by atoms with E-state index < -0.39 is 5.97 Å². The second-order valence-corrected chi connectivity index (χ2v) is 4.98. The van der Waals surface area contributed by atoms with Crippen molar-refractivity contribution in [1.29, 1.82) is 0 Å². The van der Waals surface area contributed by atoms with Crippen LogP contribution in [0.5, 0.6) is 11.6 Å². The number of aromatic carboxylic acids is 1. The number of aryl methyl sites for hydroxylation is 2. The van der Waals surface area contributed by atoms with Crippen molar-refractivity contribution < 1.29 is 14.6 Å². The van der Waals surface area contributed by atoms with E-state index in [1.54, 1.807) is 24.3 Å². The molecule has 98 valence electrons. The molecule has 1 aromatic heterocycles. The van der Waals surface area contributed by atoms with Crippen molar-refractivity contribution in [2.45, 2.75) is 13.8 Å². The van der Waals surface area contributed by atoms with Gasteiger partial charge in [-0.25, -0.2) is 9.78 Å². The summed E-state index contributed by atoms with van der Waals surface area (Å²) in [4.78, 5) is 15.4. The van der Waals surface area contributed by atoms with Gasteiger partial charge < -0.3 is 9.84 Å². The summed E-state index contributed by atoms with van der Waals surface area (Å²) in [5.41, 5.74) is 1.77. The summed E-state index contributed by atoms with van der Waals surface area (Å²) in [5, 5.41) is 9.16. The van der Waals surface area contributed by atoms with Crippen LogP contribution in [-0.2, 0) is 0 Å². The topological polar surface area (TPSA) is 59.4 Å². The van der Waals surface area contributed by atoms with E-state index in [2.05, 4.69) is 20.9 Å². The maximum Gasteiger partial charge on any atom is 0.339 e. The third-order valence-corrected chi connectivity index (χ3v) is 3.41. The molecule has 0 saturated carbocycles. The van der Waals surface area contributed by atoms with Crippen molar-refractivity contribution in [2.75, 3.05) is 0 Å². The first kappa shape index (κ1) is 13.5. The van der Waals surface area contributed by atoms with Crippen LogP contribution in [0.2, 0.25) is 0 Å². The SMILES string of the molecule is Cc1ccc(Oc2ccc(Br)c(C)n2)c(C(=O)O)c1. The number of rotatable bonds is 3. The number of nitrogens with zero attached hydrogens (tertiary/aromatic N) is 1. The van der Waals surface area contributed by atoms with Gasteiger partial charge >= 0.3 is 5.97 Å². The van der Waals surface area contributed by atoms with Gasteiger partial charge in [-0.2, -0.15) is 0 Å². The van der Waals surface area contributed by atoms with Crippen LogP contribution in [0.25, 0.3) is 0 Å². The van der Waals surface area contributed by atoms with Crippen molar-refractivity contribution in [3.8, 4) is 11.6 Å². The minimum atomic E-state index is -1.02. The summed E-state index contributed by atoms with van der Waals surface area (Å²) in [6, 6.07) is 8.50. The smallest absolute Gasteiger partial charge is 0.339 e. The largest absolute Gasteiger partial charge is 0.478 e. The summed E-state index contributed by atoms with van der Waals surface area (Å²) < 4.78 is 6.43. The normalized spacial score (nSPS) is 10.3. The molecule has 0 unspecified atom stereocenters. The van der Waals surface area contributed by atoms with Gasteiger partial charge in [0, 0.05) is 10.5 Å². The summed E-state index contributed by atoms with van der Waals surface area (Å²) in [6.45, 7) is 3.67. The van der Waals surface area contributed by atoms with Crippen LogP contribution in [0, 0.1) is 13.8 Å². The molecule has 0 spiro atoms. The van der Waals surface area contributed by atoms with Crippen LogP contribution in [0.15, 0.2) is 34.8 Å². The van der Waals surface area contributed by atoms with Crippen LogP contribution in [0.4, 0.5) is 0 Å². The minimum Gasteiger partial charge on any atom is -0.478 e. The lowest BCUT2D eigenvalue weighted by molar-refractivity contribution is 0.0694. The average Bonchev–Trinajstić information content (AvgIpc) is 2.36. The van der Waals surface area contributed by atoms with Crippen LogP contribution in [-0.4, -0.2) is 16.1 Å². The zero-order valence-electron chi connectivity index (χ0n) is 10.5. The first-order valence-electron chi connectivity index (χ1n) is 5.62. The number of hydrogen-bond acceptors (Lipinski definition) is 3. The molecule has 2 rings (SSSR count). The van der Waals surface area contributed by atoms with Gasteiger partial charge in [0.25, 0.3) is 0 Å². The zero-order chi connectivity index (χ0) is 14.0. The molecule has 0 amide bonds. The van der Waals surface area contributed by atoms with E-state index in [9.17, 15) is 4.79 Å². The fraction of sp³-hybridized carbons (Fsp3) is 0.143. The molecule has 0 radical (unpaired) electrons. The van der Waals surface area contributed by atoms with Crippen molar-refractivity contribution in [3.05, 3.63) is 51.6 Å². The third-order valence-electron chi connectivity index (χ3n) is 2.58. The number of benzene rings is 1. The molecule has 1 aromatic carbocycles. The van der Waals surface area contributed by atoms with Crippen molar-refractivity contribution in [1.82, 2.24) is 4.98 Å². The number of carboxylic acids is 1. The lowest BCUT2D eigenvalue weighted by Gasteiger charge is -2.09. The summed E-state index contributed by atoms with van der Waals surface area (Å²) in [7, 11) is 0. The number of ether oxygens (including phenoxy) is 1. The molecule has 1 heterocycles. The van der Waals surface area contributed by atoms with Crippen molar-refractivity contribution >= 4 is 21.9 Å². The monoisotopic (exact) mass is 321 g/mol. The fourth-order valence-corrected chi connectivity index (χ4v) is 1.81. The Kier molecular flexibility index (Phi) is 3.85. The molecule has 0 fully saturated rings. The number of halogens is 1. The molecule has 19 heavy (non-hydrogen) atoms. The zero-order valence-corrected chi connectivity index (χ0v) is 12.1. The van der Waals surface area contributed by atoms with Crippen LogP contribution in [0.3, 0.4) is 0 Å². The summed E-state index contributed by atoms with van der Waals surface area (Å²) >= 11 is 3.35. The number of hydrogen-bond donors (Lipinski definition) is 1. The molecule has 0 aliphatic rings. The van der Waals surface area contributed by atoms with E-state index >= 15 is 0 Å². The molecular weight excluding hydrogens is 310 g/mol. The second-order valence-electron chi connectivity index (χ2n) is 4.12. The van der Waals surface area contributed by atoms with Gasteiger partial charge in [0.2, 0.25) is 5.88 Å². The maximum absolute atomic E-state index is 11.2. The Labute approximate surface area is 119 Å². The molecule has 1 N–H and O–H groups in total. The molecule has 0 atom stereocenters. The molecule has 0 saturated heterocycles. The van der Waals surface area contributed by atoms with Gasteiger partial charge in [0.1, 0.15) is 11.3 Å². The third kappa shape index (κ3) is 3.12. The van der Waals surface area contributed by atoms with Gasteiger partial charge in [-0.15, -0.1) is 0 Å². The molecular formula is C14H12BrNO3. The predicted molar refractivity (Wildman–Crippen MR) is 74.9 cm³/mol. The van der Waals surface area contributed by atoms with E-state index in [0.717, 1.165) is 15.7 Å². The fourth-order valence-electron chi connectivity index (χ4n) is 1.59. The Balaban J connectivity index is 2.37. The Morgan fingerprint density at radius 1 is 1.26 bits per heavy atom. The predicted octanol–water partition coefficient (Wildman–Crippen LogP) is 3.95. The number of pyridine rings is 1. The highest BCUT2D eigenvalue weighted by atomic mass is 79.9. The van der Waals surface area contributed by atoms with E-state index in [4.69, 9.17) is 9.84 Å². The molecule has 0 aliphatic heterocycles. The molecule has 2 aromatic rings. The van der Waals surface area contributed by atoms with E-state index in [1.165, 1.54) is 0 Å². The van der Waals surface area contributed by atoms with Crippen LogP contribution < -0.4 is 4.74 Å². The lowest BCUT2D eigenvalue weighted by atomic mass is 10.1. The van der Waals surface area contributed by atoms with E-state index in [-0.39, 0.29) is 11.3 Å². The Hall–Kier alpha value is -1.88. The molecule has 0 aliphatic carbocycles. The summed E-state index contributed by atoms with van der Waals surface area (Å²) in [6.07, 6.45) is 0. The number of carbonyl (C=O) groups is 1. The minimum absolute atomic E-state index is 0.127. The summed E-state index contributed by atoms with van der Waals surface area (Å²) in [5.74, 6) is -0.369. The van der Waals surface area contributed by atoms with Gasteiger partial charge in [-0.3, -0.25) is 0 Å². The quantitative estimate of drug-likeness (QED) is 0.929. The highest BCUT2D eigenvalue weighted by Crippen LogP contribution is 2.26. The Bertz CT molecular complexity index is 641. The van der Waals surface area contributed by atoms with Gasteiger partial charge in [0.15, 0.2) is 0 Å². The number of carboxylic acid groups (broad SMARTS) is 1. The highest BCUT2D eigenvalue weighted by molar-refractivity contribution is 9.10. The molecule has 0 bridgehead atoms. The lowest BCUT2D eigenvalue weighted by Crippen LogP contribution is -2.01. The van der Waals surface area contributed by atoms with Gasteiger partial charge in [-0.1, -0.05) is 11.6 Å². The van der Waals surface area contributed by atoms with Crippen LogP contribution >= 0.6 is 15.9 Å². The first-order chi connectivity index (χ1) is 8.97. The number of aromatic nitrogens is 1. The molecule has 4 nitrogen and oxygen atoms in total. The van der Waals surface area contributed by atoms with Crippen LogP contribution in [0.1, 0.15) is 21.6 Å². The van der Waals surface area contributed by atoms with E-state index in [1.807, 2.05) is 19.9 Å². The van der Waals surface area contributed by atoms with Gasteiger partial charge in [0.05, 0.1) is 5.69 Å². The van der Waals surface area contributed by atoms with Crippen molar-refractivity contribution in [3.63, 3.8) is 0 Å².